The number of hydrogen-bond donors (Lipinski definition) is 2. The molecule has 0 radical (unpaired) electrons. The summed E-state index contributed by atoms with van der Waals surface area (Å²) in [6, 6.07) is 13.6. The first-order valence-corrected chi connectivity index (χ1v) is 12.4. The molecule has 0 fully saturated rings. The molecule has 2 aromatic heterocycles. The highest BCUT2D eigenvalue weighted by Gasteiger charge is 2.35. The minimum absolute atomic E-state index is 0.199. The van der Waals surface area contributed by atoms with E-state index in [0.29, 0.717) is 22.5 Å². The molecule has 40 heavy (non-hydrogen) atoms. The van der Waals surface area contributed by atoms with E-state index in [2.05, 4.69) is 20.5 Å². The molecule has 10 nitrogen and oxygen atoms in total. The van der Waals surface area contributed by atoms with E-state index in [1.165, 1.54) is 40.4 Å². The van der Waals surface area contributed by atoms with Crippen molar-refractivity contribution in [2.24, 2.45) is 0 Å². The van der Waals surface area contributed by atoms with Crippen LogP contribution in [0, 0.1) is 11.6 Å². The van der Waals surface area contributed by atoms with Crippen LogP contribution in [0.4, 0.5) is 14.5 Å². The number of aliphatic hydroxyl groups is 1. The highest BCUT2D eigenvalue weighted by Crippen LogP contribution is 2.28. The molecular weight excluding hydrogens is 567 g/mol. The van der Waals surface area contributed by atoms with Gasteiger partial charge in [0, 0.05) is 22.3 Å². The number of halogens is 4. The fraction of sp³-hybridized carbons (Fsp3) is 0.115. The number of nitrogens with zero attached hydrogens (tertiary/aromatic N) is 6. The number of rotatable bonds is 8. The van der Waals surface area contributed by atoms with E-state index in [1.807, 2.05) is 0 Å². The van der Waals surface area contributed by atoms with Crippen molar-refractivity contribution in [3.8, 4) is 5.69 Å². The molecule has 2 N–H and O–H groups in total. The molecule has 2 heterocycles. The molecule has 14 heteroatoms. The average Bonchev–Trinajstić information content (AvgIpc) is 3.54. The van der Waals surface area contributed by atoms with E-state index in [9.17, 15) is 23.5 Å². The molecule has 0 saturated heterocycles. The van der Waals surface area contributed by atoms with Gasteiger partial charge in [-0.15, -0.1) is 0 Å². The standard InChI is InChI=1S/C26H19Cl2F2N7O3/c27-16-1-7-20(22(28)9-16)24(38)34-18-3-5-19(6-4-18)36-15-33-37(25(36)39)12-26(40,11-35-14-31-13-32-35)21-8-2-17(29)10-23(21)30/h1-10,13-15,40H,11-12H2,(H,34,38)/t26-/m0/s1. The van der Waals surface area contributed by atoms with Gasteiger partial charge in [0.1, 0.15) is 36.2 Å². The van der Waals surface area contributed by atoms with Crippen LogP contribution in [0.25, 0.3) is 5.69 Å². The molecule has 3 aromatic carbocycles. The smallest absolute Gasteiger partial charge is 0.350 e. The van der Waals surface area contributed by atoms with Crippen LogP contribution in [0.15, 0.2) is 84.4 Å². The third kappa shape index (κ3) is 5.64. The molecule has 0 saturated carbocycles. The third-order valence-electron chi connectivity index (χ3n) is 6.05. The first kappa shape index (κ1) is 27.2. The van der Waals surface area contributed by atoms with Gasteiger partial charge in [0.2, 0.25) is 0 Å². The topological polar surface area (TPSA) is 120 Å². The van der Waals surface area contributed by atoms with Crippen LogP contribution in [-0.2, 0) is 18.7 Å². The van der Waals surface area contributed by atoms with Gasteiger partial charge in [-0.1, -0.05) is 29.3 Å². The SMILES string of the molecule is O=C(Nc1ccc(-n2cnn(C[C@@](O)(Cn3cncn3)c3ccc(F)cc3F)c2=O)cc1)c1ccc(Cl)cc1Cl. The largest absolute Gasteiger partial charge is 0.381 e. The second kappa shape index (κ2) is 11.0. The number of carbonyl (C=O) groups excluding carboxylic acids is 1. The fourth-order valence-electron chi connectivity index (χ4n) is 4.12. The molecule has 5 rings (SSSR count). The first-order valence-electron chi connectivity index (χ1n) is 11.6. The maximum atomic E-state index is 14.7. The zero-order chi connectivity index (χ0) is 28.4. The Morgan fingerprint density at radius 3 is 2.42 bits per heavy atom. The summed E-state index contributed by atoms with van der Waals surface area (Å²) in [6.45, 7) is -0.766. The quantitative estimate of drug-likeness (QED) is 0.283. The van der Waals surface area contributed by atoms with Gasteiger partial charge in [-0.25, -0.2) is 32.5 Å². The zero-order valence-electron chi connectivity index (χ0n) is 20.4. The van der Waals surface area contributed by atoms with Gasteiger partial charge < -0.3 is 10.4 Å². The van der Waals surface area contributed by atoms with Gasteiger partial charge in [-0.05, 0) is 48.5 Å². The molecule has 1 atom stereocenters. The van der Waals surface area contributed by atoms with Gasteiger partial charge in [0.05, 0.1) is 29.4 Å². The third-order valence-corrected chi connectivity index (χ3v) is 6.59. The minimum atomic E-state index is -2.04. The van der Waals surface area contributed by atoms with Gasteiger partial charge in [-0.3, -0.25) is 4.79 Å². The van der Waals surface area contributed by atoms with Crippen LogP contribution in [0.1, 0.15) is 15.9 Å². The predicted molar refractivity (Wildman–Crippen MR) is 143 cm³/mol. The molecule has 1 amide bonds. The van der Waals surface area contributed by atoms with E-state index in [4.69, 9.17) is 23.2 Å². The van der Waals surface area contributed by atoms with Crippen molar-refractivity contribution in [3.63, 3.8) is 0 Å². The first-order chi connectivity index (χ1) is 19.1. The molecule has 5 aromatic rings. The Kier molecular flexibility index (Phi) is 7.48. The van der Waals surface area contributed by atoms with E-state index in [-0.39, 0.29) is 22.7 Å². The average molecular weight is 586 g/mol. The van der Waals surface area contributed by atoms with Crippen LogP contribution in [0.5, 0.6) is 0 Å². The van der Waals surface area contributed by atoms with Crippen molar-refractivity contribution in [2.45, 2.75) is 18.7 Å². The predicted octanol–water partition coefficient (Wildman–Crippen LogP) is 4.05. The number of benzene rings is 3. The summed E-state index contributed by atoms with van der Waals surface area (Å²) < 4.78 is 31.7. The van der Waals surface area contributed by atoms with Crippen LogP contribution >= 0.6 is 23.2 Å². The van der Waals surface area contributed by atoms with Gasteiger partial charge in [0.25, 0.3) is 5.91 Å². The molecule has 0 bridgehead atoms. The summed E-state index contributed by atoms with van der Waals surface area (Å²) >= 11 is 12.0. The lowest BCUT2D eigenvalue weighted by Crippen LogP contribution is -2.41. The Hall–Kier alpha value is -4.39. The maximum absolute atomic E-state index is 14.7. The maximum Gasteiger partial charge on any atom is 0.350 e. The summed E-state index contributed by atoms with van der Waals surface area (Å²) in [5.41, 5.74) is -1.83. The lowest BCUT2D eigenvalue weighted by molar-refractivity contribution is -0.00948. The summed E-state index contributed by atoms with van der Waals surface area (Å²) in [5, 5.41) is 22.8. The zero-order valence-corrected chi connectivity index (χ0v) is 21.9. The van der Waals surface area contributed by atoms with Crippen LogP contribution in [-0.4, -0.2) is 40.1 Å². The van der Waals surface area contributed by atoms with Crippen molar-refractivity contribution >= 4 is 34.8 Å². The van der Waals surface area contributed by atoms with Crippen molar-refractivity contribution in [1.82, 2.24) is 29.1 Å². The lowest BCUT2D eigenvalue weighted by atomic mass is 9.93. The normalized spacial score (nSPS) is 12.7. The number of hydrogen-bond acceptors (Lipinski definition) is 6. The van der Waals surface area contributed by atoms with Gasteiger partial charge >= 0.3 is 5.69 Å². The molecule has 0 aliphatic carbocycles. The number of aromatic nitrogens is 6. The Bertz CT molecular complexity index is 1740. The van der Waals surface area contributed by atoms with Crippen molar-refractivity contribution in [1.29, 1.82) is 0 Å². The monoisotopic (exact) mass is 585 g/mol. The molecule has 0 unspecified atom stereocenters. The Morgan fingerprint density at radius 2 is 1.75 bits per heavy atom. The molecule has 0 aliphatic rings. The Labute approximate surface area is 235 Å². The summed E-state index contributed by atoms with van der Waals surface area (Å²) in [4.78, 5) is 29.6. The number of carbonyl (C=O) groups is 1. The van der Waals surface area contributed by atoms with Crippen LogP contribution in [0.2, 0.25) is 10.0 Å². The molecule has 204 valence electrons. The highest BCUT2D eigenvalue weighted by atomic mass is 35.5. The summed E-state index contributed by atoms with van der Waals surface area (Å²) in [7, 11) is 0. The van der Waals surface area contributed by atoms with Gasteiger partial charge in [-0.2, -0.15) is 10.2 Å². The highest BCUT2D eigenvalue weighted by molar-refractivity contribution is 6.37. The Balaban J connectivity index is 1.38. The number of amides is 1. The Morgan fingerprint density at radius 1 is 0.975 bits per heavy atom. The van der Waals surface area contributed by atoms with E-state index < -0.39 is 35.4 Å². The van der Waals surface area contributed by atoms with Crippen molar-refractivity contribution in [3.05, 3.63) is 123 Å². The van der Waals surface area contributed by atoms with Crippen molar-refractivity contribution in [2.75, 3.05) is 5.32 Å². The van der Waals surface area contributed by atoms with Crippen LogP contribution in [0.3, 0.4) is 0 Å². The van der Waals surface area contributed by atoms with Crippen molar-refractivity contribution < 1.29 is 18.7 Å². The fourth-order valence-corrected chi connectivity index (χ4v) is 4.61. The van der Waals surface area contributed by atoms with E-state index >= 15 is 0 Å². The second-order valence-electron chi connectivity index (χ2n) is 8.82. The van der Waals surface area contributed by atoms with Crippen LogP contribution < -0.4 is 11.0 Å². The molecule has 0 spiro atoms. The second-order valence-corrected chi connectivity index (χ2v) is 9.66. The lowest BCUT2D eigenvalue weighted by Gasteiger charge is -2.28. The van der Waals surface area contributed by atoms with E-state index in [0.717, 1.165) is 16.8 Å². The number of anilines is 1. The van der Waals surface area contributed by atoms with E-state index in [1.54, 1.807) is 30.3 Å². The molecular formula is C26H19Cl2F2N7O3. The number of nitrogens with one attached hydrogen (secondary N) is 1. The summed E-state index contributed by atoms with van der Waals surface area (Å²) in [6.07, 6.45) is 3.79. The summed E-state index contributed by atoms with van der Waals surface area (Å²) in [5.74, 6) is -2.26. The minimum Gasteiger partial charge on any atom is -0.381 e. The molecule has 0 aliphatic heterocycles. The van der Waals surface area contributed by atoms with Gasteiger partial charge in [0.15, 0.2) is 0 Å².